The average molecular weight is 473 g/mol. The lowest BCUT2D eigenvalue weighted by molar-refractivity contribution is 0.487. The zero-order valence-corrected chi connectivity index (χ0v) is 20.5. The molecule has 0 aromatic heterocycles. The fraction of sp³-hybridized carbons (Fsp3) is 0.0556. The minimum Gasteiger partial charge on any atom is -0.456 e. The third-order valence-corrected chi connectivity index (χ3v) is 8.34. The molecule has 0 amide bonds. The molecule has 0 radical (unpaired) electrons. The Bertz CT molecular complexity index is 1860. The summed E-state index contributed by atoms with van der Waals surface area (Å²) in [5.41, 5.74) is 11.2. The third-order valence-electron chi connectivity index (χ3n) is 8.34. The van der Waals surface area contributed by atoms with Crippen LogP contribution in [0.3, 0.4) is 0 Å². The number of hydrogen-bond acceptors (Lipinski definition) is 1. The fourth-order valence-corrected chi connectivity index (χ4v) is 6.51. The summed E-state index contributed by atoms with van der Waals surface area (Å²) >= 11 is 0. The predicted octanol–water partition coefficient (Wildman–Crippen LogP) is 9.61. The Labute approximate surface area is 216 Å². The Hall–Kier alpha value is -4.62. The maximum atomic E-state index is 6.47. The van der Waals surface area contributed by atoms with E-state index in [0.717, 1.165) is 17.1 Å². The fourth-order valence-electron chi connectivity index (χ4n) is 6.51. The van der Waals surface area contributed by atoms with Gasteiger partial charge in [-0.15, -0.1) is 0 Å². The van der Waals surface area contributed by atoms with Crippen LogP contribution in [0.1, 0.15) is 23.6 Å². The first-order valence-electron chi connectivity index (χ1n) is 12.9. The number of rotatable bonds is 2. The standard InChI is InChI=1S/C36H24O/c1-36(26-11-3-2-4-12-26)31-16-7-5-13-27(31)28-19-18-23(21-32(28)36)25-20-24-10-9-15-30-29-14-6-8-17-33(29)37-34(22-25)35(24)30/h2-22H,1H3. The van der Waals surface area contributed by atoms with Gasteiger partial charge in [0.2, 0.25) is 0 Å². The second-order valence-corrected chi connectivity index (χ2v) is 10.3. The van der Waals surface area contributed by atoms with Crippen molar-refractivity contribution in [3.63, 3.8) is 0 Å². The van der Waals surface area contributed by atoms with E-state index in [-0.39, 0.29) is 5.41 Å². The molecule has 1 heterocycles. The second-order valence-electron chi connectivity index (χ2n) is 10.3. The topological polar surface area (TPSA) is 9.23 Å². The van der Waals surface area contributed by atoms with Crippen molar-refractivity contribution in [2.24, 2.45) is 0 Å². The van der Waals surface area contributed by atoms with Crippen LogP contribution in [0.4, 0.5) is 0 Å². The Kier molecular flexibility index (Phi) is 4.14. The van der Waals surface area contributed by atoms with Crippen molar-refractivity contribution in [1.29, 1.82) is 0 Å². The average Bonchev–Trinajstić information content (AvgIpc) is 3.22. The van der Waals surface area contributed by atoms with Crippen molar-refractivity contribution in [3.05, 3.63) is 144 Å². The molecule has 1 heteroatoms. The summed E-state index contributed by atoms with van der Waals surface area (Å²) in [6.07, 6.45) is 0. The van der Waals surface area contributed by atoms with Gasteiger partial charge in [-0.05, 0) is 81.1 Å². The van der Waals surface area contributed by atoms with Crippen LogP contribution in [-0.2, 0) is 5.41 Å². The van der Waals surface area contributed by atoms with Gasteiger partial charge >= 0.3 is 0 Å². The van der Waals surface area contributed by atoms with Crippen molar-refractivity contribution in [1.82, 2.24) is 0 Å². The summed E-state index contributed by atoms with van der Waals surface area (Å²) in [6.45, 7) is 2.37. The van der Waals surface area contributed by atoms with Gasteiger partial charge in [-0.2, -0.15) is 0 Å². The zero-order valence-electron chi connectivity index (χ0n) is 20.5. The molecule has 1 aliphatic heterocycles. The molecule has 2 aliphatic rings. The Morgan fingerprint density at radius 1 is 0.486 bits per heavy atom. The molecule has 1 atom stereocenters. The molecule has 37 heavy (non-hydrogen) atoms. The van der Waals surface area contributed by atoms with E-state index in [2.05, 4.69) is 128 Å². The van der Waals surface area contributed by atoms with Crippen LogP contribution >= 0.6 is 0 Å². The second kappa shape index (κ2) is 7.44. The molecular weight excluding hydrogens is 448 g/mol. The molecule has 0 fully saturated rings. The lowest BCUT2D eigenvalue weighted by Crippen LogP contribution is -2.22. The van der Waals surface area contributed by atoms with Gasteiger partial charge < -0.3 is 4.74 Å². The summed E-state index contributed by atoms with van der Waals surface area (Å²) < 4.78 is 6.47. The quantitative estimate of drug-likeness (QED) is 0.243. The lowest BCUT2D eigenvalue weighted by Gasteiger charge is -2.28. The van der Waals surface area contributed by atoms with Gasteiger partial charge in [0.15, 0.2) is 0 Å². The first kappa shape index (κ1) is 20.6. The van der Waals surface area contributed by atoms with Crippen LogP contribution in [0.25, 0.3) is 44.2 Å². The van der Waals surface area contributed by atoms with Crippen LogP contribution in [-0.4, -0.2) is 0 Å². The van der Waals surface area contributed by atoms with Crippen molar-refractivity contribution in [3.8, 4) is 44.9 Å². The largest absolute Gasteiger partial charge is 0.456 e. The van der Waals surface area contributed by atoms with E-state index in [4.69, 9.17) is 4.74 Å². The van der Waals surface area contributed by atoms with E-state index >= 15 is 0 Å². The summed E-state index contributed by atoms with van der Waals surface area (Å²) in [5, 5.41) is 2.39. The first-order valence-corrected chi connectivity index (χ1v) is 12.9. The van der Waals surface area contributed by atoms with Crippen LogP contribution in [0.15, 0.2) is 127 Å². The summed E-state index contributed by atoms with van der Waals surface area (Å²) in [5.74, 6) is 1.84. The third kappa shape index (κ3) is 2.80. The van der Waals surface area contributed by atoms with Gasteiger partial charge in [-0.3, -0.25) is 0 Å². The lowest BCUT2D eigenvalue weighted by atomic mass is 9.74. The molecule has 0 bridgehead atoms. The van der Waals surface area contributed by atoms with Crippen LogP contribution in [0.5, 0.6) is 11.5 Å². The molecule has 6 aromatic rings. The van der Waals surface area contributed by atoms with Crippen molar-refractivity contribution in [2.75, 3.05) is 0 Å². The highest BCUT2D eigenvalue weighted by Crippen LogP contribution is 2.54. The van der Waals surface area contributed by atoms with Crippen LogP contribution in [0.2, 0.25) is 0 Å². The molecule has 0 N–H and O–H groups in total. The smallest absolute Gasteiger partial charge is 0.136 e. The van der Waals surface area contributed by atoms with Crippen LogP contribution < -0.4 is 4.74 Å². The van der Waals surface area contributed by atoms with Gasteiger partial charge in [0.25, 0.3) is 0 Å². The number of ether oxygens (including phenoxy) is 1. The Morgan fingerprint density at radius 2 is 1.22 bits per heavy atom. The van der Waals surface area contributed by atoms with Gasteiger partial charge in [-0.25, -0.2) is 0 Å². The SMILES string of the molecule is CC1(c2ccccc2)c2ccccc2-c2ccc(-c3cc4c5c(cccc5c3)-c3ccccc3O4)cc21. The minimum atomic E-state index is -0.211. The molecular formula is C36H24O. The summed E-state index contributed by atoms with van der Waals surface area (Å²) in [7, 11) is 0. The van der Waals surface area contributed by atoms with Gasteiger partial charge in [0.05, 0.1) is 0 Å². The maximum absolute atomic E-state index is 6.47. The van der Waals surface area contributed by atoms with Gasteiger partial charge in [0, 0.05) is 16.4 Å². The van der Waals surface area contributed by atoms with Crippen molar-refractivity contribution < 1.29 is 4.74 Å². The highest BCUT2D eigenvalue weighted by atomic mass is 16.5. The van der Waals surface area contributed by atoms with Crippen molar-refractivity contribution >= 4 is 10.8 Å². The normalized spacial score (nSPS) is 16.6. The molecule has 1 nitrogen and oxygen atoms in total. The monoisotopic (exact) mass is 472 g/mol. The first-order chi connectivity index (χ1) is 18.2. The van der Waals surface area contributed by atoms with E-state index in [1.54, 1.807) is 0 Å². The summed E-state index contributed by atoms with van der Waals surface area (Å²) in [6, 6.07) is 46.1. The van der Waals surface area contributed by atoms with E-state index in [0.29, 0.717) is 0 Å². The molecule has 1 aliphatic carbocycles. The Balaban J connectivity index is 1.35. The molecule has 8 rings (SSSR count). The summed E-state index contributed by atoms with van der Waals surface area (Å²) in [4.78, 5) is 0. The number of benzene rings is 6. The predicted molar refractivity (Wildman–Crippen MR) is 152 cm³/mol. The van der Waals surface area contributed by atoms with Crippen LogP contribution in [0, 0.1) is 0 Å². The van der Waals surface area contributed by atoms with Crippen molar-refractivity contribution in [2.45, 2.75) is 12.3 Å². The van der Waals surface area contributed by atoms with E-state index in [9.17, 15) is 0 Å². The highest BCUT2D eigenvalue weighted by Gasteiger charge is 2.40. The molecule has 0 saturated carbocycles. The maximum Gasteiger partial charge on any atom is 0.136 e. The molecule has 0 spiro atoms. The van der Waals surface area contributed by atoms with E-state index in [1.807, 2.05) is 6.07 Å². The minimum absolute atomic E-state index is 0.211. The molecule has 1 unspecified atom stereocenters. The molecule has 6 aromatic carbocycles. The van der Waals surface area contributed by atoms with Gasteiger partial charge in [-0.1, -0.05) is 103 Å². The molecule has 0 saturated heterocycles. The number of fused-ring (bicyclic) bond motifs is 5. The van der Waals surface area contributed by atoms with E-state index < -0.39 is 0 Å². The number of para-hydroxylation sites is 1. The highest BCUT2D eigenvalue weighted by molar-refractivity contribution is 6.06. The molecule has 174 valence electrons. The van der Waals surface area contributed by atoms with E-state index in [1.165, 1.54) is 55.3 Å². The zero-order chi connectivity index (χ0) is 24.6. The Morgan fingerprint density at radius 3 is 2.11 bits per heavy atom. The number of hydrogen-bond donors (Lipinski definition) is 0. The van der Waals surface area contributed by atoms with Gasteiger partial charge in [0.1, 0.15) is 11.5 Å².